The van der Waals surface area contributed by atoms with Gasteiger partial charge in [0.1, 0.15) is 6.61 Å². The minimum atomic E-state index is -0.750. The van der Waals surface area contributed by atoms with E-state index in [4.69, 9.17) is 46.4 Å². The van der Waals surface area contributed by atoms with Crippen molar-refractivity contribution < 1.29 is 4.74 Å². The highest BCUT2D eigenvalue weighted by Crippen LogP contribution is 2.03. The Balaban J connectivity index is 0. The monoisotopic (exact) mass is 224 g/mol. The molecule has 0 aliphatic heterocycles. The first-order chi connectivity index (χ1) is 4.65. The molecule has 0 amide bonds. The number of alkyl halides is 4. The van der Waals surface area contributed by atoms with Gasteiger partial charge in [-0.1, -0.05) is 41.4 Å². The van der Waals surface area contributed by atoms with Crippen molar-refractivity contribution in [3.8, 4) is 0 Å². The van der Waals surface area contributed by atoms with Gasteiger partial charge in [0, 0.05) is 0 Å². The molecule has 0 unspecified atom stereocenters. The van der Waals surface area contributed by atoms with Crippen LogP contribution >= 0.6 is 46.4 Å². The van der Waals surface area contributed by atoms with Gasteiger partial charge in [0.15, 0.2) is 4.30 Å². The van der Waals surface area contributed by atoms with Gasteiger partial charge in [0.25, 0.3) is 0 Å². The molecule has 0 bridgehead atoms. The third kappa shape index (κ3) is 37.7. The molecule has 0 aromatic carbocycles. The molecule has 0 aliphatic carbocycles. The van der Waals surface area contributed by atoms with Gasteiger partial charge in [-0.25, -0.2) is 0 Å². The van der Waals surface area contributed by atoms with Gasteiger partial charge >= 0.3 is 0 Å². The fraction of sp³-hybridized carbons (Fsp3) is 0.600. The SMILES string of the molecule is C=COCCCl.ClC(Cl)Cl. The van der Waals surface area contributed by atoms with E-state index in [-0.39, 0.29) is 0 Å². The van der Waals surface area contributed by atoms with Crippen molar-refractivity contribution in [1.29, 1.82) is 0 Å². The summed E-state index contributed by atoms with van der Waals surface area (Å²) in [5.74, 6) is 0.534. The van der Waals surface area contributed by atoms with Crippen LogP contribution in [-0.2, 0) is 4.74 Å². The Labute approximate surface area is 80.8 Å². The summed E-state index contributed by atoms with van der Waals surface area (Å²) in [6.07, 6.45) is 1.38. The van der Waals surface area contributed by atoms with Crippen molar-refractivity contribution in [2.75, 3.05) is 12.5 Å². The van der Waals surface area contributed by atoms with Crippen molar-refractivity contribution in [3.05, 3.63) is 12.8 Å². The van der Waals surface area contributed by atoms with Crippen molar-refractivity contribution in [2.24, 2.45) is 0 Å². The van der Waals surface area contributed by atoms with Crippen LogP contribution in [0.25, 0.3) is 0 Å². The summed E-state index contributed by atoms with van der Waals surface area (Å²) in [6, 6.07) is 0. The Morgan fingerprint density at radius 1 is 1.40 bits per heavy atom. The Morgan fingerprint density at radius 2 is 1.80 bits per heavy atom. The third-order valence-corrected chi connectivity index (χ3v) is 0.467. The molecular formula is C5H8Cl4O. The van der Waals surface area contributed by atoms with Crippen LogP contribution in [0.5, 0.6) is 0 Å². The lowest BCUT2D eigenvalue weighted by molar-refractivity contribution is 0.273. The van der Waals surface area contributed by atoms with E-state index in [1.165, 1.54) is 6.26 Å². The summed E-state index contributed by atoms with van der Waals surface area (Å²) in [4.78, 5) is 0. The average molecular weight is 226 g/mol. The zero-order valence-corrected chi connectivity index (χ0v) is 8.22. The molecular weight excluding hydrogens is 218 g/mol. The Bertz CT molecular complexity index is 63.9. The lowest BCUT2D eigenvalue weighted by Crippen LogP contribution is -1.84. The average Bonchev–Trinajstić information content (AvgIpc) is 1.82. The quantitative estimate of drug-likeness (QED) is 0.407. The zero-order chi connectivity index (χ0) is 8.41. The van der Waals surface area contributed by atoms with Crippen molar-refractivity contribution >= 4 is 46.4 Å². The minimum Gasteiger partial charge on any atom is -0.501 e. The van der Waals surface area contributed by atoms with Crippen LogP contribution in [0.4, 0.5) is 0 Å². The molecule has 0 spiro atoms. The van der Waals surface area contributed by atoms with E-state index in [9.17, 15) is 0 Å². The predicted octanol–water partition coefficient (Wildman–Crippen LogP) is 3.37. The van der Waals surface area contributed by atoms with Crippen molar-refractivity contribution in [2.45, 2.75) is 4.30 Å². The summed E-state index contributed by atoms with van der Waals surface area (Å²) in [7, 11) is 0. The topological polar surface area (TPSA) is 9.23 Å². The summed E-state index contributed by atoms with van der Waals surface area (Å²) >= 11 is 19.6. The van der Waals surface area contributed by atoms with Gasteiger partial charge in [-0.05, 0) is 0 Å². The minimum absolute atomic E-state index is 0.534. The van der Waals surface area contributed by atoms with Crippen LogP contribution in [0.1, 0.15) is 0 Å². The fourth-order valence-electron chi connectivity index (χ4n) is 0.128. The molecule has 0 heterocycles. The Kier molecular flexibility index (Phi) is 16.5. The normalized spacial score (nSPS) is 8.10. The smallest absolute Gasteiger partial charge is 0.180 e. The molecule has 0 fully saturated rings. The molecule has 0 saturated heterocycles. The molecule has 0 radical (unpaired) electrons. The van der Waals surface area contributed by atoms with E-state index in [0.29, 0.717) is 12.5 Å². The molecule has 5 heteroatoms. The van der Waals surface area contributed by atoms with Crippen molar-refractivity contribution in [1.82, 2.24) is 0 Å². The van der Waals surface area contributed by atoms with E-state index >= 15 is 0 Å². The summed E-state index contributed by atoms with van der Waals surface area (Å²) < 4.78 is 3.86. The fourth-order valence-corrected chi connectivity index (χ4v) is 0.217. The first-order valence-corrected chi connectivity index (χ1v) is 4.20. The molecule has 0 rings (SSSR count). The molecule has 10 heavy (non-hydrogen) atoms. The summed E-state index contributed by atoms with van der Waals surface area (Å²) in [5, 5.41) is 0. The van der Waals surface area contributed by atoms with E-state index in [1.54, 1.807) is 0 Å². The van der Waals surface area contributed by atoms with Crippen LogP contribution in [-0.4, -0.2) is 16.8 Å². The van der Waals surface area contributed by atoms with Gasteiger partial charge in [-0.15, -0.1) is 11.6 Å². The molecule has 0 saturated carbocycles. The Morgan fingerprint density at radius 3 is 1.90 bits per heavy atom. The van der Waals surface area contributed by atoms with Gasteiger partial charge in [0.05, 0.1) is 12.1 Å². The van der Waals surface area contributed by atoms with E-state index in [2.05, 4.69) is 11.3 Å². The maximum atomic E-state index is 5.21. The van der Waals surface area contributed by atoms with E-state index < -0.39 is 4.30 Å². The van der Waals surface area contributed by atoms with Crippen LogP contribution in [0.2, 0.25) is 0 Å². The summed E-state index contributed by atoms with van der Waals surface area (Å²) in [6.45, 7) is 3.88. The lowest BCUT2D eigenvalue weighted by atomic mass is 10.9. The van der Waals surface area contributed by atoms with E-state index in [1.807, 2.05) is 0 Å². The first kappa shape index (κ1) is 13.3. The molecule has 0 N–H and O–H groups in total. The maximum absolute atomic E-state index is 5.21. The number of hydrogen-bond donors (Lipinski definition) is 0. The Hall–Kier alpha value is 0.700. The second-order valence-corrected chi connectivity index (χ2v) is 3.33. The van der Waals surface area contributed by atoms with Crippen molar-refractivity contribution in [3.63, 3.8) is 0 Å². The first-order valence-electron chi connectivity index (χ1n) is 2.35. The number of hydrogen-bond acceptors (Lipinski definition) is 1. The van der Waals surface area contributed by atoms with Crippen LogP contribution in [0.15, 0.2) is 12.8 Å². The zero-order valence-electron chi connectivity index (χ0n) is 5.20. The van der Waals surface area contributed by atoms with Crippen LogP contribution < -0.4 is 0 Å². The second-order valence-electron chi connectivity index (χ2n) is 0.974. The molecule has 62 valence electrons. The lowest BCUT2D eigenvalue weighted by Gasteiger charge is -1.89. The van der Waals surface area contributed by atoms with Gasteiger partial charge in [-0.2, -0.15) is 0 Å². The molecule has 0 aliphatic rings. The largest absolute Gasteiger partial charge is 0.501 e. The number of halogens is 4. The third-order valence-electron chi connectivity index (χ3n) is 0.313. The van der Waals surface area contributed by atoms with Gasteiger partial charge in [0.2, 0.25) is 0 Å². The number of rotatable bonds is 3. The number of ether oxygens (including phenoxy) is 1. The van der Waals surface area contributed by atoms with Gasteiger partial charge in [-0.3, -0.25) is 0 Å². The highest BCUT2D eigenvalue weighted by atomic mass is 35.6. The molecule has 1 nitrogen and oxygen atoms in total. The predicted molar refractivity (Wildman–Crippen MR) is 48.2 cm³/mol. The van der Waals surface area contributed by atoms with E-state index in [0.717, 1.165) is 0 Å². The highest BCUT2D eigenvalue weighted by Gasteiger charge is 1.78. The second kappa shape index (κ2) is 12.4. The van der Waals surface area contributed by atoms with Gasteiger partial charge < -0.3 is 4.74 Å². The molecule has 0 atom stereocenters. The maximum Gasteiger partial charge on any atom is 0.180 e. The highest BCUT2D eigenvalue weighted by molar-refractivity contribution is 6.63. The van der Waals surface area contributed by atoms with Crippen LogP contribution in [0, 0.1) is 0 Å². The standard InChI is InChI=1S/C4H7ClO.CHCl3/c1-2-6-4-3-5;2-1(3)4/h2H,1,3-4H2;1H. The summed E-state index contributed by atoms with van der Waals surface area (Å²) in [5.41, 5.74) is 0. The molecule has 0 aromatic heterocycles. The molecule has 0 aromatic rings. The van der Waals surface area contributed by atoms with Crippen LogP contribution in [0.3, 0.4) is 0 Å².